The van der Waals surface area contributed by atoms with Crippen molar-refractivity contribution in [2.24, 2.45) is 0 Å². The molecule has 0 atom stereocenters. The summed E-state index contributed by atoms with van der Waals surface area (Å²) in [5.41, 5.74) is 3.73. The van der Waals surface area contributed by atoms with Crippen LogP contribution in [0.1, 0.15) is 47.7 Å². The van der Waals surface area contributed by atoms with Crippen molar-refractivity contribution in [3.8, 4) is 11.1 Å². The Morgan fingerprint density at radius 2 is 1.57 bits per heavy atom. The molecule has 0 saturated carbocycles. The Bertz CT molecular complexity index is 1260. The molecule has 0 fully saturated rings. The molecule has 3 N–H and O–H groups in total. The fraction of sp³-hybridized carbons (Fsp3) is 0.222. The SMILES string of the molecule is CC(C)(CC(=O)Nc1cc(Br)ccc1C(=O)O)NC(=O)OCC1c2ccccc2-c2ccccc21. The number of carbonyl (C=O) groups is 3. The number of aromatic carboxylic acids is 1. The van der Waals surface area contributed by atoms with E-state index in [4.69, 9.17) is 4.74 Å². The summed E-state index contributed by atoms with van der Waals surface area (Å²) in [6.07, 6.45) is -0.707. The van der Waals surface area contributed by atoms with E-state index in [9.17, 15) is 19.5 Å². The summed E-state index contributed by atoms with van der Waals surface area (Å²) < 4.78 is 6.21. The van der Waals surface area contributed by atoms with Gasteiger partial charge >= 0.3 is 12.1 Å². The van der Waals surface area contributed by atoms with Crippen LogP contribution in [0.2, 0.25) is 0 Å². The Balaban J connectivity index is 1.37. The van der Waals surface area contributed by atoms with E-state index in [0.29, 0.717) is 4.47 Å². The Morgan fingerprint density at radius 3 is 2.17 bits per heavy atom. The van der Waals surface area contributed by atoms with E-state index in [1.807, 2.05) is 36.4 Å². The van der Waals surface area contributed by atoms with Gasteiger partial charge in [0.2, 0.25) is 5.91 Å². The molecule has 4 rings (SSSR count). The van der Waals surface area contributed by atoms with E-state index in [1.165, 1.54) is 12.1 Å². The number of hydrogen-bond donors (Lipinski definition) is 3. The predicted molar refractivity (Wildman–Crippen MR) is 137 cm³/mol. The summed E-state index contributed by atoms with van der Waals surface area (Å²) in [6.45, 7) is 3.57. The second kappa shape index (κ2) is 9.92. The molecule has 0 aromatic heterocycles. The largest absolute Gasteiger partial charge is 0.478 e. The van der Waals surface area contributed by atoms with Crippen LogP contribution >= 0.6 is 15.9 Å². The number of carboxylic acid groups (broad SMARTS) is 1. The third kappa shape index (κ3) is 5.54. The number of halogens is 1. The lowest BCUT2D eigenvalue weighted by molar-refractivity contribution is -0.117. The lowest BCUT2D eigenvalue weighted by Crippen LogP contribution is -2.46. The van der Waals surface area contributed by atoms with Gasteiger partial charge in [-0.25, -0.2) is 9.59 Å². The quantitative estimate of drug-likeness (QED) is 0.354. The summed E-state index contributed by atoms with van der Waals surface area (Å²) in [5, 5.41) is 14.7. The van der Waals surface area contributed by atoms with Gasteiger partial charge in [-0.15, -0.1) is 0 Å². The van der Waals surface area contributed by atoms with Gasteiger partial charge in [0.05, 0.1) is 11.3 Å². The van der Waals surface area contributed by atoms with E-state index in [0.717, 1.165) is 22.3 Å². The molecule has 0 saturated heterocycles. The first-order chi connectivity index (χ1) is 16.6. The maximum Gasteiger partial charge on any atom is 0.407 e. The predicted octanol–water partition coefficient (Wildman–Crippen LogP) is 5.79. The Hall–Kier alpha value is -3.65. The summed E-state index contributed by atoms with van der Waals surface area (Å²) in [4.78, 5) is 36.7. The molecular weight excluding hydrogens is 512 g/mol. The first-order valence-corrected chi connectivity index (χ1v) is 11.9. The number of carbonyl (C=O) groups excluding carboxylic acids is 2. The Labute approximate surface area is 211 Å². The van der Waals surface area contributed by atoms with Crippen molar-refractivity contribution >= 4 is 39.6 Å². The number of carboxylic acids is 1. The number of alkyl carbamates (subject to hydrolysis) is 1. The highest BCUT2D eigenvalue weighted by atomic mass is 79.9. The third-order valence-corrected chi connectivity index (χ3v) is 6.37. The molecule has 0 spiro atoms. The molecular formula is C27H25BrN2O5. The molecule has 1 aliphatic rings. The fourth-order valence-corrected chi connectivity index (χ4v) is 4.72. The van der Waals surface area contributed by atoms with E-state index in [2.05, 4.69) is 38.7 Å². The molecule has 7 nitrogen and oxygen atoms in total. The van der Waals surface area contributed by atoms with Gasteiger partial charge in [-0.1, -0.05) is 64.5 Å². The Kier molecular flexibility index (Phi) is 6.93. The normalized spacial score (nSPS) is 12.4. The number of hydrogen-bond acceptors (Lipinski definition) is 4. The van der Waals surface area contributed by atoms with Gasteiger partial charge in [-0.05, 0) is 54.3 Å². The van der Waals surface area contributed by atoms with Crippen LogP contribution in [0.25, 0.3) is 11.1 Å². The van der Waals surface area contributed by atoms with Crippen LogP contribution in [0.3, 0.4) is 0 Å². The summed E-state index contributed by atoms with van der Waals surface area (Å²) in [6, 6.07) is 20.7. The van der Waals surface area contributed by atoms with Crippen molar-refractivity contribution in [2.45, 2.75) is 31.7 Å². The van der Waals surface area contributed by atoms with Crippen LogP contribution in [-0.2, 0) is 9.53 Å². The van der Waals surface area contributed by atoms with Gasteiger partial charge < -0.3 is 20.5 Å². The summed E-state index contributed by atoms with van der Waals surface area (Å²) in [7, 11) is 0. The molecule has 1 aliphatic carbocycles. The highest BCUT2D eigenvalue weighted by Crippen LogP contribution is 2.44. The minimum absolute atomic E-state index is 0.0242. The van der Waals surface area contributed by atoms with Crippen molar-refractivity contribution < 1.29 is 24.2 Å². The standard InChI is InChI=1S/C27H25BrN2O5/c1-27(2,14-24(31)29-23-13-16(28)11-12-21(23)25(32)33)30-26(34)35-15-22-19-9-5-3-7-17(19)18-8-4-6-10-20(18)22/h3-13,22H,14-15H2,1-2H3,(H,29,31)(H,30,34)(H,32,33). The van der Waals surface area contributed by atoms with Crippen LogP contribution in [0.5, 0.6) is 0 Å². The van der Waals surface area contributed by atoms with Gasteiger partial charge in [0, 0.05) is 22.4 Å². The highest BCUT2D eigenvalue weighted by Gasteiger charge is 2.30. The van der Waals surface area contributed by atoms with E-state index < -0.39 is 23.5 Å². The summed E-state index contributed by atoms with van der Waals surface area (Å²) >= 11 is 3.28. The zero-order valence-corrected chi connectivity index (χ0v) is 20.9. The minimum atomic E-state index is -1.15. The molecule has 0 aliphatic heterocycles. The van der Waals surface area contributed by atoms with E-state index >= 15 is 0 Å². The fourth-order valence-electron chi connectivity index (χ4n) is 4.36. The van der Waals surface area contributed by atoms with Crippen molar-refractivity contribution in [2.75, 3.05) is 11.9 Å². The maximum absolute atomic E-state index is 12.6. The van der Waals surface area contributed by atoms with Gasteiger partial charge in [0.15, 0.2) is 0 Å². The molecule has 3 aromatic rings. The minimum Gasteiger partial charge on any atom is -0.478 e. The van der Waals surface area contributed by atoms with Crippen LogP contribution in [0, 0.1) is 0 Å². The zero-order valence-electron chi connectivity index (χ0n) is 19.3. The second-order valence-electron chi connectivity index (χ2n) is 9.05. The molecule has 2 amide bonds. The lowest BCUT2D eigenvalue weighted by atomic mass is 9.98. The monoisotopic (exact) mass is 536 g/mol. The van der Waals surface area contributed by atoms with Gasteiger partial charge in [-0.2, -0.15) is 0 Å². The maximum atomic E-state index is 12.6. The van der Waals surface area contributed by atoms with Crippen molar-refractivity contribution in [3.63, 3.8) is 0 Å². The second-order valence-corrected chi connectivity index (χ2v) is 9.97. The molecule has 0 unspecified atom stereocenters. The smallest absolute Gasteiger partial charge is 0.407 e. The number of ether oxygens (including phenoxy) is 1. The number of amides is 2. The highest BCUT2D eigenvalue weighted by molar-refractivity contribution is 9.10. The average Bonchev–Trinajstić information content (AvgIpc) is 3.10. The first kappa shape index (κ1) is 24.5. The molecule has 3 aromatic carbocycles. The number of benzene rings is 3. The van der Waals surface area contributed by atoms with Crippen molar-refractivity contribution in [1.29, 1.82) is 0 Å². The Morgan fingerprint density at radius 1 is 0.971 bits per heavy atom. The number of nitrogens with one attached hydrogen (secondary N) is 2. The van der Waals surface area contributed by atoms with E-state index in [-0.39, 0.29) is 30.2 Å². The van der Waals surface area contributed by atoms with Gasteiger partial charge in [0.25, 0.3) is 0 Å². The van der Waals surface area contributed by atoms with E-state index in [1.54, 1.807) is 19.9 Å². The molecule has 35 heavy (non-hydrogen) atoms. The molecule has 8 heteroatoms. The topological polar surface area (TPSA) is 105 Å². The first-order valence-electron chi connectivity index (χ1n) is 11.1. The van der Waals surface area contributed by atoms with Gasteiger partial charge in [0.1, 0.15) is 6.61 Å². The number of anilines is 1. The third-order valence-electron chi connectivity index (χ3n) is 5.87. The zero-order chi connectivity index (χ0) is 25.2. The molecule has 0 radical (unpaired) electrons. The molecule has 180 valence electrons. The number of rotatable bonds is 7. The van der Waals surface area contributed by atoms with Crippen LogP contribution < -0.4 is 10.6 Å². The van der Waals surface area contributed by atoms with Crippen LogP contribution in [-0.4, -0.2) is 35.2 Å². The lowest BCUT2D eigenvalue weighted by Gasteiger charge is -2.26. The summed E-state index contributed by atoms with van der Waals surface area (Å²) in [5.74, 6) is -1.65. The number of fused-ring (bicyclic) bond motifs is 3. The van der Waals surface area contributed by atoms with Crippen molar-refractivity contribution in [3.05, 3.63) is 87.9 Å². The van der Waals surface area contributed by atoms with Crippen LogP contribution in [0.15, 0.2) is 71.2 Å². The van der Waals surface area contributed by atoms with Crippen molar-refractivity contribution in [1.82, 2.24) is 5.32 Å². The van der Waals surface area contributed by atoms with Crippen LogP contribution in [0.4, 0.5) is 10.5 Å². The average molecular weight is 537 g/mol. The van der Waals surface area contributed by atoms with Gasteiger partial charge in [-0.3, -0.25) is 4.79 Å². The molecule has 0 heterocycles. The molecule has 0 bridgehead atoms.